The monoisotopic (exact) mass is 451 g/mol. The zero-order chi connectivity index (χ0) is 20.5. The van der Waals surface area contributed by atoms with Gasteiger partial charge in [-0.05, 0) is 64.8 Å². The number of aliphatic imine (C=N–C) groups is 1. The first kappa shape index (κ1) is 18.8. The summed E-state index contributed by atoms with van der Waals surface area (Å²) in [6, 6.07) is 15.8. The Balaban J connectivity index is 1.69. The van der Waals surface area contributed by atoms with Crippen LogP contribution in [0.15, 0.2) is 68.5 Å². The number of rotatable bonds is 4. The molecule has 0 amide bonds. The number of aromatic nitrogens is 1. The molecule has 4 rings (SSSR count). The molecule has 0 spiro atoms. The number of nitro groups is 1. The van der Waals surface area contributed by atoms with E-state index in [-0.39, 0.29) is 11.3 Å². The first-order valence-electron chi connectivity index (χ1n) is 8.60. The number of aromatic hydroxyl groups is 1. The summed E-state index contributed by atoms with van der Waals surface area (Å²) >= 11 is 3.49. The molecular weight excluding hydrogens is 438 g/mol. The van der Waals surface area contributed by atoms with Gasteiger partial charge in [-0.15, -0.1) is 0 Å². The molecule has 1 N–H and O–H groups in total. The lowest BCUT2D eigenvalue weighted by atomic mass is 10.1. The summed E-state index contributed by atoms with van der Waals surface area (Å²) in [5, 5.41) is 21.2. The quantitative estimate of drug-likeness (QED) is 0.235. The van der Waals surface area contributed by atoms with Gasteiger partial charge in [-0.3, -0.25) is 15.1 Å². The molecular formula is C21H14BrN3O4. The summed E-state index contributed by atoms with van der Waals surface area (Å²) in [5.74, 6) is 0.0728. The second-order valence-corrected chi connectivity index (χ2v) is 7.24. The Morgan fingerprint density at radius 2 is 2.00 bits per heavy atom. The van der Waals surface area contributed by atoms with E-state index >= 15 is 0 Å². The predicted molar refractivity (Wildman–Crippen MR) is 114 cm³/mol. The van der Waals surface area contributed by atoms with Crippen LogP contribution in [-0.4, -0.2) is 21.2 Å². The molecule has 0 bridgehead atoms. The van der Waals surface area contributed by atoms with Crippen molar-refractivity contribution < 1.29 is 14.4 Å². The molecule has 144 valence electrons. The molecule has 4 aromatic rings. The number of hydrogen-bond acceptors (Lipinski definition) is 6. The highest BCUT2D eigenvalue weighted by atomic mass is 79.9. The number of nitro benzene ring substituents is 1. The maximum absolute atomic E-state index is 11.1. The van der Waals surface area contributed by atoms with Crippen LogP contribution >= 0.6 is 15.9 Å². The Hall–Kier alpha value is -3.52. The molecule has 1 aromatic heterocycles. The first-order chi connectivity index (χ1) is 13.9. The van der Waals surface area contributed by atoms with Gasteiger partial charge in [-0.25, -0.2) is 4.98 Å². The van der Waals surface area contributed by atoms with Crippen LogP contribution in [0.4, 0.5) is 11.4 Å². The Bertz CT molecular complexity index is 1280. The van der Waals surface area contributed by atoms with Crippen LogP contribution in [0.5, 0.6) is 5.75 Å². The van der Waals surface area contributed by atoms with Gasteiger partial charge in [0.25, 0.3) is 0 Å². The summed E-state index contributed by atoms with van der Waals surface area (Å²) in [6.07, 6.45) is 1.39. The molecule has 0 fully saturated rings. The molecule has 7 nitrogen and oxygen atoms in total. The Kier molecular flexibility index (Phi) is 4.85. The van der Waals surface area contributed by atoms with Crippen molar-refractivity contribution in [1.82, 2.24) is 4.98 Å². The Morgan fingerprint density at radius 1 is 1.21 bits per heavy atom. The van der Waals surface area contributed by atoms with E-state index in [0.29, 0.717) is 28.2 Å². The van der Waals surface area contributed by atoms with Crippen LogP contribution in [-0.2, 0) is 0 Å². The van der Waals surface area contributed by atoms with Gasteiger partial charge in [0.05, 0.1) is 16.2 Å². The minimum atomic E-state index is -0.621. The van der Waals surface area contributed by atoms with Gasteiger partial charge in [-0.2, -0.15) is 0 Å². The van der Waals surface area contributed by atoms with Crippen molar-refractivity contribution in [3.63, 3.8) is 0 Å². The highest BCUT2D eigenvalue weighted by molar-refractivity contribution is 9.10. The minimum Gasteiger partial charge on any atom is -0.502 e. The minimum absolute atomic E-state index is 0.269. The van der Waals surface area contributed by atoms with Gasteiger partial charge < -0.3 is 9.52 Å². The fourth-order valence-electron chi connectivity index (χ4n) is 2.91. The highest BCUT2D eigenvalue weighted by Crippen LogP contribution is 2.32. The van der Waals surface area contributed by atoms with Gasteiger partial charge in [0, 0.05) is 22.3 Å². The molecule has 8 heteroatoms. The normalized spacial score (nSPS) is 11.4. The van der Waals surface area contributed by atoms with Crippen molar-refractivity contribution in [2.45, 2.75) is 6.92 Å². The number of benzene rings is 3. The maximum Gasteiger partial charge on any atom is 0.311 e. The third-order valence-electron chi connectivity index (χ3n) is 4.29. The van der Waals surface area contributed by atoms with Crippen molar-refractivity contribution in [2.24, 2.45) is 4.99 Å². The lowest BCUT2D eigenvalue weighted by Crippen LogP contribution is -1.93. The average molecular weight is 452 g/mol. The number of fused-ring (bicyclic) bond motifs is 1. The van der Waals surface area contributed by atoms with Crippen LogP contribution < -0.4 is 0 Å². The summed E-state index contributed by atoms with van der Waals surface area (Å²) < 4.78 is 6.70. The van der Waals surface area contributed by atoms with Gasteiger partial charge in [-0.1, -0.05) is 12.1 Å². The van der Waals surface area contributed by atoms with Gasteiger partial charge in [0.2, 0.25) is 11.6 Å². The van der Waals surface area contributed by atoms with Crippen molar-refractivity contribution in [2.75, 3.05) is 0 Å². The maximum atomic E-state index is 11.1. The van der Waals surface area contributed by atoms with Gasteiger partial charge in [0.15, 0.2) is 5.58 Å². The summed E-state index contributed by atoms with van der Waals surface area (Å²) in [5.41, 5.74) is 3.23. The van der Waals surface area contributed by atoms with E-state index in [1.807, 2.05) is 24.3 Å². The number of hydrogen-bond donors (Lipinski definition) is 1. The van der Waals surface area contributed by atoms with Crippen molar-refractivity contribution in [1.29, 1.82) is 0 Å². The molecule has 0 aliphatic carbocycles. The van der Waals surface area contributed by atoms with Crippen LogP contribution in [0.25, 0.3) is 22.6 Å². The van der Waals surface area contributed by atoms with Crippen molar-refractivity contribution in [3.8, 4) is 17.2 Å². The molecule has 3 aromatic carbocycles. The number of phenols is 1. The Morgan fingerprint density at radius 3 is 2.76 bits per heavy atom. The fraction of sp³-hybridized carbons (Fsp3) is 0.0476. The highest BCUT2D eigenvalue weighted by Gasteiger charge is 2.17. The summed E-state index contributed by atoms with van der Waals surface area (Å²) in [4.78, 5) is 19.3. The largest absolute Gasteiger partial charge is 0.502 e. The average Bonchev–Trinajstić information content (AvgIpc) is 3.11. The molecule has 1 heterocycles. The number of nitrogens with zero attached hydrogens (tertiary/aromatic N) is 3. The third-order valence-corrected chi connectivity index (χ3v) is 4.98. The number of halogens is 1. The molecule has 29 heavy (non-hydrogen) atoms. The second kappa shape index (κ2) is 7.48. The van der Waals surface area contributed by atoms with E-state index in [1.165, 1.54) is 12.3 Å². The van der Waals surface area contributed by atoms with Crippen LogP contribution in [0, 0.1) is 17.0 Å². The van der Waals surface area contributed by atoms with E-state index in [0.717, 1.165) is 10.0 Å². The lowest BCUT2D eigenvalue weighted by molar-refractivity contribution is -0.385. The molecule has 0 radical (unpaired) electrons. The smallest absolute Gasteiger partial charge is 0.311 e. The molecule has 0 unspecified atom stereocenters. The van der Waals surface area contributed by atoms with Crippen molar-refractivity contribution >= 4 is 44.6 Å². The molecule has 0 atom stereocenters. The van der Waals surface area contributed by atoms with Crippen molar-refractivity contribution in [3.05, 3.63) is 80.3 Å². The molecule has 0 aliphatic heterocycles. The lowest BCUT2D eigenvalue weighted by Gasteiger charge is -2.02. The number of aryl methyl sites for hydroxylation is 1. The topological polar surface area (TPSA) is 102 Å². The number of phenolic OH excluding ortho intramolecular Hbond substituents is 1. The number of oxazole rings is 1. The van der Waals surface area contributed by atoms with E-state index < -0.39 is 10.7 Å². The zero-order valence-corrected chi connectivity index (χ0v) is 16.8. The van der Waals surface area contributed by atoms with E-state index in [9.17, 15) is 15.2 Å². The molecule has 0 saturated carbocycles. The van der Waals surface area contributed by atoms with Crippen LogP contribution in [0.1, 0.15) is 11.1 Å². The van der Waals surface area contributed by atoms with E-state index in [4.69, 9.17) is 4.42 Å². The first-order valence-corrected chi connectivity index (χ1v) is 9.39. The Labute approximate surface area is 173 Å². The van der Waals surface area contributed by atoms with Crippen LogP contribution in [0.2, 0.25) is 0 Å². The standard InChI is InChI=1S/C21H14BrN3O4/c1-12-8-13(20(26)18(9-12)25(27)28)11-23-14-6-7-19-17(10-14)24-21(29-19)15-4-2-3-5-16(15)22/h2-11,26H,1H3. The van der Waals surface area contributed by atoms with Gasteiger partial charge >= 0.3 is 5.69 Å². The summed E-state index contributed by atoms with van der Waals surface area (Å²) in [6.45, 7) is 1.72. The summed E-state index contributed by atoms with van der Waals surface area (Å²) in [7, 11) is 0. The molecule has 0 saturated heterocycles. The fourth-order valence-corrected chi connectivity index (χ4v) is 3.37. The zero-order valence-electron chi connectivity index (χ0n) is 15.2. The van der Waals surface area contributed by atoms with E-state index in [2.05, 4.69) is 25.9 Å². The van der Waals surface area contributed by atoms with Gasteiger partial charge in [0.1, 0.15) is 5.52 Å². The predicted octanol–water partition coefficient (Wildman–Crippen LogP) is 5.93. The third kappa shape index (κ3) is 3.74. The SMILES string of the molecule is Cc1cc(C=Nc2ccc3oc(-c4ccccc4Br)nc3c2)c(O)c([N+](=O)[O-])c1. The van der Waals surface area contributed by atoms with E-state index in [1.54, 1.807) is 31.2 Å². The molecule has 0 aliphatic rings. The van der Waals surface area contributed by atoms with Crippen LogP contribution in [0.3, 0.4) is 0 Å². The second-order valence-electron chi connectivity index (χ2n) is 6.39.